The van der Waals surface area contributed by atoms with Gasteiger partial charge >= 0.3 is 0 Å². The Morgan fingerprint density at radius 3 is 2.67 bits per heavy atom. The molecule has 0 atom stereocenters. The van der Waals surface area contributed by atoms with E-state index in [2.05, 4.69) is 15.9 Å². The normalized spacial score (nSPS) is 9.58. The molecule has 0 saturated carbocycles. The van der Waals surface area contributed by atoms with Gasteiger partial charge in [0.25, 0.3) is 0 Å². The summed E-state index contributed by atoms with van der Waals surface area (Å²) in [6.07, 6.45) is 0. The zero-order valence-electron chi connectivity index (χ0n) is 7.02. The van der Waals surface area contributed by atoms with E-state index in [1.54, 1.807) is 7.11 Å². The molecule has 0 unspecified atom stereocenters. The Bertz CT molecular complexity index is 309. The van der Waals surface area contributed by atoms with E-state index < -0.39 is 0 Å². The fraction of sp³-hybridized carbons (Fsp3) is 0.222. The molecule has 0 fully saturated rings. The summed E-state index contributed by atoms with van der Waals surface area (Å²) in [5.41, 5.74) is 1.86. The standard InChI is InChI=1S/C9H10BrNO/c1-6-7(9(10)11)4-3-5-8(6)12-2/h3-5,11H,1-2H3. The first-order valence-electron chi connectivity index (χ1n) is 3.55. The number of halogens is 1. The van der Waals surface area contributed by atoms with E-state index >= 15 is 0 Å². The minimum atomic E-state index is 0.388. The quantitative estimate of drug-likeness (QED) is 0.775. The molecule has 0 heterocycles. The van der Waals surface area contributed by atoms with Gasteiger partial charge in [-0.05, 0) is 28.9 Å². The minimum absolute atomic E-state index is 0.388. The van der Waals surface area contributed by atoms with Crippen molar-refractivity contribution in [3.05, 3.63) is 29.3 Å². The predicted molar refractivity (Wildman–Crippen MR) is 53.5 cm³/mol. The molecule has 0 radical (unpaired) electrons. The summed E-state index contributed by atoms with van der Waals surface area (Å²) in [6, 6.07) is 5.64. The molecule has 0 aliphatic heterocycles. The topological polar surface area (TPSA) is 33.1 Å². The van der Waals surface area contributed by atoms with E-state index in [9.17, 15) is 0 Å². The molecule has 64 valence electrons. The van der Waals surface area contributed by atoms with Gasteiger partial charge in [0.05, 0.1) is 7.11 Å². The molecule has 0 aliphatic rings. The van der Waals surface area contributed by atoms with Crippen molar-refractivity contribution in [3.63, 3.8) is 0 Å². The Morgan fingerprint density at radius 2 is 2.17 bits per heavy atom. The largest absolute Gasteiger partial charge is 0.496 e. The van der Waals surface area contributed by atoms with Gasteiger partial charge in [0, 0.05) is 11.1 Å². The summed E-state index contributed by atoms with van der Waals surface area (Å²) >= 11 is 3.12. The maximum absolute atomic E-state index is 7.41. The molecule has 0 amide bonds. The number of nitrogens with one attached hydrogen (secondary N) is 1. The van der Waals surface area contributed by atoms with Crippen molar-refractivity contribution < 1.29 is 4.74 Å². The van der Waals surface area contributed by atoms with Crippen molar-refractivity contribution in [1.29, 1.82) is 5.41 Å². The molecule has 2 nitrogen and oxygen atoms in total. The molecule has 3 heteroatoms. The smallest absolute Gasteiger partial charge is 0.122 e. The van der Waals surface area contributed by atoms with Gasteiger partial charge in [0.15, 0.2) is 0 Å². The minimum Gasteiger partial charge on any atom is -0.496 e. The molecular weight excluding hydrogens is 218 g/mol. The van der Waals surface area contributed by atoms with Crippen molar-refractivity contribution in [2.45, 2.75) is 6.92 Å². The van der Waals surface area contributed by atoms with E-state index in [-0.39, 0.29) is 0 Å². The number of benzene rings is 1. The van der Waals surface area contributed by atoms with Crippen molar-refractivity contribution >= 4 is 20.6 Å². The van der Waals surface area contributed by atoms with Crippen molar-refractivity contribution in [2.75, 3.05) is 7.11 Å². The average Bonchev–Trinajstić information content (AvgIpc) is 2.04. The molecular formula is C9H10BrNO. The first kappa shape index (κ1) is 9.26. The van der Waals surface area contributed by atoms with E-state index in [0.29, 0.717) is 4.62 Å². The highest BCUT2D eigenvalue weighted by molar-refractivity contribution is 9.18. The predicted octanol–water partition coefficient (Wildman–Crippen LogP) is 2.72. The monoisotopic (exact) mass is 227 g/mol. The van der Waals surface area contributed by atoms with Crippen LogP contribution in [0.15, 0.2) is 18.2 Å². The fourth-order valence-electron chi connectivity index (χ4n) is 1.07. The molecule has 1 N–H and O–H groups in total. The zero-order chi connectivity index (χ0) is 9.14. The van der Waals surface area contributed by atoms with Gasteiger partial charge in [-0.1, -0.05) is 12.1 Å². The van der Waals surface area contributed by atoms with Crippen LogP contribution in [-0.4, -0.2) is 11.7 Å². The van der Waals surface area contributed by atoms with Crippen molar-refractivity contribution in [2.24, 2.45) is 0 Å². The lowest BCUT2D eigenvalue weighted by molar-refractivity contribution is 0.411. The van der Waals surface area contributed by atoms with E-state index in [1.807, 2.05) is 25.1 Å². The Balaban J connectivity index is 3.23. The Labute approximate surface area is 80.2 Å². The molecule has 0 saturated heterocycles. The van der Waals surface area contributed by atoms with Crippen molar-refractivity contribution in [1.82, 2.24) is 0 Å². The van der Waals surface area contributed by atoms with Crippen LogP contribution in [0.3, 0.4) is 0 Å². The Morgan fingerprint density at radius 1 is 1.50 bits per heavy atom. The number of rotatable bonds is 2. The van der Waals surface area contributed by atoms with Gasteiger partial charge in [-0.3, -0.25) is 5.41 Å². The Hall–Kier alpha value is -0.830. The second-order valence-corrected chi connectivity index (χ2v) is 3.24. The van der Waals surface area contributed by atoms with Crippen LogP contribution in [0, 0.1) is 12.3 Å². The van der Waals surface area contributed by atoms with Gasteiger partial charge in [-0.2, -0.15) is 0 Å². The lowest BCUT2D eigenvalue weighted by Gasteiger charge is -2.07. The molecule has 0 bridgehead atoms. The van der Waals surface area contributed by atoms with Crippen LogP contribution in [-0.2, 0) is 0 Å². The maximum Gasteiger partial charge on any atom is 0.122 e. The highest BCUT2D eigenvalue weighted by atomic mass is 79.9. The molecule has 1 rings (SSSR count). The highest BCUT2D eigenvalue weighted by Crippen LogP contribution is 2.22. The summed E-state index contributed by atoms with van der Waals surface area (Å²) in [5.74, 6) is 0.816. The first-order chi connectivity index (χ1) is 5.66. The molecule has 12 heavy (non-hydrogen) atoms. The molecule has 0 aliphatic carbocycles. The van der Waals surface area contributed by atoms with E-state index in [4.69, 9.17) is 10.1 Å². The second-order valence-electron chi connectivity index (χ2n) is 2.45. The van der Waals surface area contributed by atoms with Crippen LogP contribution in [0.4, 0.5) is 0 Å². The number of ether oxygens (including phenoxy) is 1. The van der Waals surface area contributed by atoms with Crippen LogP contribution < -0.4 is 4.74 Å². The fourth-order valence-corrected chi connectivity index (χ4v) is 1.50. The molecule has 0 spiro atoms. The van der Waals surface area contributed by atoms with E-state index in [0.717, 1.165) is 16.9 Å². The highest BCUT2D eigenvalue weighted by Gasteiger charge is 2.05. The third-order valence-corrected chi connectivity index (χ3v) is 2.17. The maximum atomic E-state index is 7.41. The number of methoxy groups -OCH3 is 1. The summed E-state index contributed by atoms with van der Waals surface area (Å²) < 4.78 is 5.51. The number of hydrogen-bond acceptors (Lipinski definition) is 2. The molecule has 1 aromatic rings. The lowest BCUT2D eigenvalue weighted by atomic mass is 10.1. The molecule has 1 aromatic carbocycles. The first-order valence-corrected chi connectivity index (χ1v) is 4.34. The van der Waals surface area contributed by atoms with Gasteiger partial charge in [0.2, 0.25) is 0 Å². The van der Waals surface area contributed by atoms with Crippen LogP contribution >= 0.6 is 15.9 Å². The summed E-state index contributed by atoms with van der Waals surface area (Å²) in [5, 5.41) is 7.41. The average molecular weight is 228 g/mol. The third kappa shape index (κ3) is 1.67. The van der Waals surface area contributed by atoms with Crippen LogP contribution in [0.25, 0.3) is 0 Å². The number of hydrogen-bond donors (Lipinski definition) is 1. The second kappa shape index (κ2) is 3.72. The third-order valence-electron chi connectivity index (χ3n) is 1.74. The van der Waals surface area contributed by atoms with Crippen LogP contribution in [0.5, 0.6) is 5.75 Å². The van der Waals surface area contributed by atoms with Crippen LogP contribution in [0.2, 0.25) is 0 Å². The summed E-state index contributed by atoms with van der Waals surface area (Å²) in [7, 11) is 1.63. The van der Waals surface area contributed by atoms with Gasteiger partial charge in [-0.25, -0.2) is 0 Å². The zero-order valence-corrected chi connectivity index (χ0v) is 8.60. The summed E-state index contributed by atoms with van der Waals surface area (Å²) in [6.45, 7) is 1.93. The summed E-state index contributed by atoms with van der Waals surface area (Å²) in [4.78, 5) is 0. The molecule has 0 aromatic heterocycles. The SMILES string of the molecule is COc1cccc(C(=N)Br)c1C. The van der Waals surface area contributed by atoms with Crippen molar-refractivity contribution in [3.8, 4) is 5.75 Å². The van der Waals surface area contributed by atoms with E-state index in [1.165, 1.54) is 0 Å². The van der Waals surface area contributed by atoms with Gasteiger partial charge < -0.3 is 4.74 Å². The van der Waals surface area contributed by atoms with Gasteiger partial charge in [0.1, 0.15) is 10.4 Å². The van der Waals surface area contributed by atoms with Crippen LogP contribution in [0.1, 0.15) is 11.1 Å². The Kier molecular flexibility index (Phi) is 2.87. The van der Waals surface area contributed by atoms with Gasteiger partial charge in [-0.15, -0.1) is 0 Å². The lowest BCUT2D eigenvalue weighted by Crippen LogP contribution is -1.95.